The third-order valence-electron chi connectivity index (χ3n) is 3.82. The second-order valence-corrected chi connectivity index (χ2v) is 6.21. The van der Waals surface area contributed by atoms with E-state index in [-0.39, 0.29) is 11.8 Å². The molecule has 0 spiro atoms. The molecular weight excluding hydrogens is 308 g/mol. The van der Waals surface area contributed by atoms with Crippen molar-refractivity contribution in [3.05, 3.63) is 70.6 Å². The van der Waals surface area contributed by atoms with Gasteiger partial charge in [-0.05, 0) is 19.1 Å². The highest BCUT2D eigenvalue weighted by molar-refractivity contribution is 7.14. The molecular formula is C18H12N2O2S. The summed E-state index contributed by atoms with van der Waals surface area (Å²) in [4.78, 5) is 30.6. The molecule has 0 aliphatic carbocycles. The van der Waals surface area contributed by atoms with Crippen LogP contribution in [0.1, 0.15) is 26.3 Å². The van der Waals surface area contributed by atoms with Crippen LogP contribution < -0.4 is 4.90 Å². The van der Waals surface area contributed by atoms with E-state index in [0.717, 1.165) is 16.2 Å². The second kappa shape index (κ2) is 5.14. The number of aromatic nitrogens is 1. The van der Waals surface area contributed by atoms with E-state index in [2.05, 4.69) is 4.98 Å². The Labute approximate surface area is 137 Å². The Morgan fingerprint density at radius 1 is 0.913 bits per heavy atom. The molecule has 0 radical (unpaired) electrons. The van der Waals surface area contributed by atoms with Crippen molar-refractivity contribution in [2.75, 3.05) is 4.90 Å². The van der Waals surface area contributed by atoms with Crippen LogP contribution in [0.25, 0.3) is 11.3 Å². The molecule has 1 aromatic heterocycles. The molecule has 1 aliphatic rings. The summed E-state index contributed by atoms with van der Waals surface area (Å²) in [6, 6.07) is 14.8. The molecule has 2 amide bonds. The fourth-order valence-electron chi connectivity index (χ4n) is 2.59. The summed E-state index contributed by atoms with van der Waals surface area (Å²) >= 11 is 1.30. The lowest BCUT2D eigenvalue weighted by atomic mass is 10.1. The SMILES string of the molecule is Cc1ccc(-c2csc(N3C(=O)c4ccccc4C3=O)n2)cc1. The Bertz CT molecular complexity index is 893. The number of hydrogen-bond donors (Lipinski definition) is 0. The van der Waals surface area contributed by atoms with Crippen LogP contribution in [0.4, 0.5) is 5.13 Å². The third kappa shape index (κ3) is 2.17. The van der Waals surface area contributed by atoms with Gasteiger partial charge in [0.2, 0.25) is 0 Å². The van der Waals surface area contributed by atoms with E-state index in [1.54, 1.807) is 24.3 Å². The van der Waals surface area contributed by atoms with Crippen molar-refractivity contribution in [3.8, 4) is 11.3 Å². The zero-order chi connectivity index (χ0) is 16.0. The molecule has 5 heteroatoms. The Kier molecular flexibility index (Phi) is 3.09. The van der Waals surface area contributed by atoms with Crippen molar-refractivity contribution in [2.45, 2.75) is 6.92 Å². The maximum absolute atomic E-state index is 12.5. The minimum atomic E-state index is -0.310. The lowest BCUT2D eigenvalue weighted by Crippen LogP contribution is -2.29. The predicted octanol–water partition coefficient (Wildman–Crippen LogP) is 3.92. The molecule has 1 aliphatic heterocycles. The largest absolute Gasteiger partial charge is 0.268 e. The third-order valence-corrected chi connectivity index (χ3v) is 4.65. The average Bonchev–Trinajstić information content (AvgIpc) is 3.13. The van der Waals surface area contributed by atoms with Gasteiger partial charge in [-0.2, -0.15) is 0 Å². The summed E-state index contributed by atoms with van der Waals surface area (Å²) in [5.41, 5.74) is 3.77. The Morgan fingerprint density at radius 3 is 2.13 bits per heavy atom. The molecule has 0 bridgehead atoms. The minimum Gasteiger partial charge on any atom is -0.268 e. The number of carbonyl (C=O) groups is 2. The van der Waals surface area contributed by atoms with Gasteiger partial charge in [0.15, 0.2) is 5.13 Å². The molecule has 4 rings (SSSR count). The van der Waals surface area contributed by atoms with Crippen molar-refractivity contribution in [3.63, 3.8) is 0 Å². The first kappa shape index (κ1) is 13.8. The summed E-state index contributed by atoms with van der Waals surface area (Å²) in [6.07, 6.45) is 0. The van der Waals surface area contributed by atoms with Gasteiger partial charge in [0.25, 0.3) is 11.8 Å². The normalized spacial score (nSPS) is 13.5. The summed E-state index contributed by atoms with van der Waals surface area (Å²) in [7, 11) is 0. The Hall–Kier alpha value is -2.79. The molecule has 2 aromatic carbocycles. The smallest absolute Gasteiger partial charge is 0.268 e. The number of carbonyl (C=O) groups excluding carboxylic acids is 2. The van der Waals surface area contributed by atoms with Gasteiger partial charge in [-0.1, -0.05) is 42.0 Å². The number of imide groups is 1. The van der Waals surface area contributed by atoms with Crippen molar-refractivity contribution >= 4 is 28.3 Å². The molecule has 0 N–H and O–H groups in total. The summed E-state index contributed by atoms with van der Waals surface area (Å²) in [5, 5.41) is 2.27. The Balaban J connectivity index is 1.72. The molecule has 3 aromatic rings. The highest BCUT2D eigenvalue weighted by Crippen LogP contribution is 2.33. The molecule has 112 valence electrons. The number of aryl methyl sites for hydroxylation is 1. The quantitative estimate of drug-likeness (QED) is 0.672. The number of amides is 2. The number of fused-ring (bicyclic) bond motifs is 1. The van der Waals surface area contributed by atoms with E-state index in [1.807, 2.05) is 36.6 Å². The van der Waals surface area contributed by atoms with Crippen molar-refractivity contribution in [1.82, 2.24) is 4.98 Å². The van der Waals surface area contributed by atoms with E-state index in [1.165, 1.54) is 16.9 Å². The number of rotatable bonds is 2. The van der Waals surface area contributed by atoms with Gasteiger partial charge >= 0.3 is 0 Å². The first-order valence-electron chi connectivity index (χ1n) is 7.15. The molecule has 2 heterocycles. The van der Waals surface area contributed by atoms with Gasteiger partial charge in [-0.25, -0.2) is 9.88 Å². The topological polar surface area (TPSA) is 50.3 Å². The van der Waals surface area contributed by atoms with Crippen LogP contribution in [0.5, 0.6) is 0 Å². The molecule has 4 nitrogen and oxygen atoms in total. The number of hydrogen-bond acceptors (Lipinski definition) is 4. The van der Waals surface area contributed by atoms with E-state index in [9.17, 15) is 9.59 Å². The number of nitrogens with zero attached hydrogens (tertiary/aromatic N) is 2. The average molecular weight is 320 g/mol. The number of anilines is 1. The van der Waals surface area contributed by atoms with Crippen molar-refractivity contribution in [1.29, 1.82) is 0 Å². The van der Waals surface area contributed by atoms with Crippen LogP contribution >= 0.6 is 11.3 Å². The number of thiazole rings is 1. The summed E-state index contributed by atoms with van der Waals surface area (Å²) in [6.45, 7) is 2.02. The molecule has 0 unspecified atom stereocenters. The molecule has 0 atom stereocenters. The predicted molar refractivity (Wildman–Crippen MR) is 89.9 cm³/mol. The monoisotopic (exact) mass is 320 g/mol. The van der Waals surface area contributed by atoms with Crippen LogP contribution in [0.2, 0.25) is 0 Å². The van der Waals surface area contributed by atoms with E-state index in [0.29, 0.717) is 16.3 Å². The van der Waals surface area contributed by atoms with Gasteiger partial charge in [-0.15, -0.1) is 11.3 Å². The van der Waals surface area contributed by atoms with Gasteiger partial charge < -0.3 is 0 Å². The zero-order valence-electron chi connectivity index (χ0n) is 12.3. The summed E-state index contributed by atoms with van der Waals surface area (Å²) in [5.74, 6) is -0.620. The van der Waals surface area contributed by atoms with Crippen LogP contribution in [-0.4, -0.2) is 16.8 Å². The van der Waals surface area contributed by atoms with E-state index < -0.39 is 0 Å². The summed E-state index contributed by atoms with van der Waals surface area (Å²) < 4.78 is 0. The lowest BCUT2D eigenvalue weighted by molar-refractivity contribution is 0.0926. The van der Waals surface area contributed by atoms with Gasteiger partial charge in [0.1, 0.15) is 0 Å². The van der Waals surface area contributed by atoms with Crippen LogP contribution in [-0.2, 0) is 0 Å². The van der Waals surface area contributed by atoms with Crippen LogP contribution in [0, 0.1) is 6.92 Å². The maximum atomic E-state index is 12.5. The standard InChI is InChI=1S/C18H12N2O2S/c1-11-6-8-12(9-7-11)15-10-23-18(19-15)20-16(21)13-4-2-3-5-14(13)17(20)22/h2-10H,1H3. The maximum Gasteiger partial charge on any atom is 0.268 e. The fourth-order valence-corrected chi connectivity index (χ4v) is 3.41. The van der Waals surface area contributed by atoms with E-state index >= 15 is 0 Å². The highest BCUT2D eigenvalue weighted by Gasteiger charge is 2.37. The molecule has 23 heavy (non-hydrogen) atoms. The van der Waals surface area contributed by atoms with Gasteiger partial charge in [0, 0.05) is 10.9 Å². The molecule has 0 saturated carbocycles. The van der Waals surface area contributed by atoms with Gasteiger partial charge in [0.05, 0.1) is 16.8 Å². The van der Waals surface area contributed by atoms with Crippen LogP contribution in [0.3, 0.4) is 0 Å². The number of benzene rings is 2. The highest BCUT2D eigenvalue weighted by atomic mass is 32.1. The Morgan fingerprint density at radius 2 is 1.52 bits per heavy atom. The van der Waals surface area contributed by atoms with Crippen LogP contribution in [0.15, 0.2) is 53.9 Å². The molecule has 0 saturated heterocycles. The van der Waals surface area contributed by atoms with Crippen molar-refractivity contribution < 1.29 is 9.59 Å². The fraction of sp³-hybridized carbons (Fsp3) is 0.0556. The lowest BCUT2D eigenvalue weighted by Gasteiger charge is -2.08. The first-order valence-corrected chi connectivity index (χ1v) is 8.03. The first-order chi connectivity index (χ1) is 11.1. The van der Waals surface area contributed by atoms with E-state index in [4.69, 9.17) is 0 Å². The zero-order valence-corrected chi connectivity index (χ0v) is 13.1. The van der Waals surface area contributed by atoms with Crippen molar-refractivity contribution in [2.24, 2.45) is 0 Å². The molecule has 0 fully saturated rings. The second-order valence-electron chi connectivity index (χ2n) is 5.37. The van der Waals surface area contributed by atoms with Gasteiger partial charge in [-0.3, -0.25) is 9.59 Å². The minimum absolute atomic E-state index is 0.310.